The predicted molar refractivity (Wildman–Crippen MR) is 99.9 cm³/mol. The standard InChI is InChI=1S/C18H26BF2NO4S/c1-16(2)17(3,4)26-19(25-16)14-11-12(20)10-13(15(14)21)18(27(22,23)24)8-6-5-7-9-18/h10-11H,5-9H2,1-4H3,(H2,22,23,24). The summed E-state index contributed by atoms with van der Waals surface area (Å²) in [6.45, 7) is 7.21. The van der Waals surface area contributed by atoms with Crippen molar-refractivity contribution in [1.82, 2.24) is 0 Å². The highest BCUT2D eigenvalue weighted by molar-refractivity contribution is 7.90. The molecule has 0 bridgehead atoms. The lowest BCUT2D eigenvalue weighted by Crippen LogP contribution is -2.46. The maximum absolute atomic E-state index is 15.5. The van der Waals surface area contributed by atoms with Gasteiger partial charge in [0, 0.05) is 11.0 Å². The Labute approximate surface area is 159 Å². The van der Waals surface area contributed by atoms with E-state index in [1.165, 1.54) is 0 Å². The van der Waals surface area contributed by atoms with Crippen molar-refractivity contribution in [2.45, 2.75) is 75.7 Å². The predicted octanol–water partition coefficient (Wildman–Crippen LogP) is 2.71. The molecule has 1 saturated heterocycles. The van der Waals surface area contributed by atoms with Gasteiger partial charge < -0.3 is 9.31 Å². The number of hydrogen-bond donors (Lipinski definition) is 1. The summed E-state index contributed by atoms with van der Waals surface area (Å²) in [6, 6.07) is 1.94. The lowest BCUT2D eigenvalue weighted by Gasteiger charge is -2.36. The Morgan fingerprint density at radius 1 is 1.00 bits per heavy atom. The Morgan fingerprint density at radius 3 is 2.00 bits per heavy atom. The van der Waals surface area contributed by atoms with Crippen LogP contribution >= 0.6 is 0 Å². The van der Waals surface area contributed by atoms with Gasteiger partial charge in [0.25, 0.3) is 0 Å². The molecule has 0 radical (unpaired) electrons. The number of rotatable bonds is 3. The van der Waals surface area contributed by atoms with Gasteiger partial charge in [0.1, 0.15) is 16.4 Å². The number of primary sulfonamides is 1. The van der Waals surface area contributed by atoms with E-state index in [1.54, 1.807) is 27.7 Å². The molecule has 1 heterocycles. The lowest BCUT2D eigenvalue weighted by atomic mass is 9.74. The summed E-state index contributed by atoms with van der Waals surface area (Å²) in [5.41, 5.74) is -1.84. The van der Waals surface area contributed by atoms with Crippen LogP contribution in [0.25, 0.3) is 0 Å². The van der Waals surface area contributed by atoms with Crippen LogP contribution in [0, 0.1) is 11.6 Å². The van der Waals surface area contributed by atoms with E-state index in [1.807, 2.05) is 0 Å². The Bertz CT molecular complexity index is 835. The smallest absolute Gasteiger partial charge is 0.399 e. The molecule has 1 aromatic rings. The Kier molecular flexibility index (Phi) is 4.99. The van der Waals surface area contributed by atoms with E-state index in [0.717, 1.165) is 18.6 Å². The Morgan fingerprint density at radius 2 is 1.52 bits per heavy atom. The van der Waals surface area contributed by atoms with Gasteiger partial charge in [-0.25, -0.2) is 22.3 Å². The highest BCUT2D eigenvalue weighted by atomic mass is 32.2. The first-order chi connectivity index (χ1) is 12.3. The SMILES string of the molecule is CC1(C)OB(c2cc(F)cc(C3(S(N)(=O)=O)CCCCC3)c2F)OC1(C)C. The van der Waals surface area contributed by atoms with E-state index >= 15 is 4.39 Å². The fourth-order valence-electron chi connectivity index (χ4n) is 3.91. The molecule has 2 aliphatic rings. The zero-order chi connectivity index (χ0) is 20.3. The van der Waals surface area contributed by atoms with Crippen LogP contribution in [-0.2, 0) is 24.1 Å². The highest BCUT2D eigenvalue weighted by Gasteiger charge is 2.54. The zero-order valence-electron chi connectivity index (χ0n) is 16.1. The molecule has 9 heteroatoms. The van der Waals surface area contributed by atoms with Gasteiger partial charge in [-0.3, -0.25) is 0 Å². The van der Waals surface area contributed by atoms with Crippen LogP contribution in [0.2, 0.25) is 0 Å². The molecule has 1 aliphatic carbocycles. The molecule has 1 aromatic carbocycles. The van der Waals surface area contributed by atoms with Crippen molar-refractivity contribution in [3.63, 3.8) is 0 Å². The quantitative estimate of drug-likeness (QED) is 0.791. The van der Waals surface area contributed by atoms with E-state index in [4.69, 9.17) is 14.4 Å². The van der Waals surface area contributed by atoms with Crippen LogP contribution in [0.4, 0.5) is 8.78 Å². The third-order valence-electron chi connectivity index (χ3n) is 6.27. The molecule has 1 aliphatic heterocycles. The molecule has 0 aromatic heterocycles. The summed E-state index contributed by atoms with van der Waals surface area (Å²) in [6.07, 6.45) is 2.32. The van der Waals surface area contributed by atoms with E-state index in [-0.39, 0.29) is 23.9 Å². The van der Waals surface area contributed by atoms with Crippen molar-refractivity contribution in [2.24, 2.45) is 5.14 Å². The van der Waals surface area contributed by atoms with Gasteiger partial charge in [0.15, 0.2) is 0 Å². The fourth-order valence-corrected chi connectivity index (χ4v) is 5.23. The van der Waals surface area contributed by atoms with Gasteiger partial charge in [0.05, 0.1) is 11.2 Å². The molecular formula is C18H26BF2NO4S. The molecule has 2 fully saturated rings. The molecule has 0 unspecified atom stereocenters. The summed E-state index contributed by atoms with van der Waals surface area (Å²) in [5.74, 6) is -1.57. The van der Waals surface area contributed by atoms with E-state index in [9.17, 15) is 12.8 Å². The van der Waals surface area contributed by atoms with Crippen molar-refractivity contribution < 1.29 is 26.5 Å². The first kappa shape index (κ1) is 20.7. The summed E-state index contributed by atoms with van der Waals surface area (Å²) < 4.78 is 64.9. The number of halogens is 2. The van der Waals surface area contributed by atoms with Crippen LogP contribution < -0.4 is 10.6 Å². The molecule has 5 nitrogen and oxygen atoms in total. The second-order valence-electron chi connectivity index (χ2n) is 8.54. The maximum atomic E-state index is 15.5. The maximum Gasteiger partial charge on any atom is 0.497 e. The molecule has 27 heavy (non-hydrogen) atoms. The highest BCUT2D eigenvalue weighted by Crippen LogP contribution is 2.44. The molecular weight excluding hydrogens is 375 g/mol. The van der Waals surface area contributed by atoms with Gasteiger partial charge in [-0.1, -0.05) is 19.3 Å². The number of benzene rings is 1. The zero-order valence-corrected chi connectivity index (χ0v) is 17.0. The molecule has 3 rings (SSSR count). The Balaban J connectivity index is 2.15. The largest absolute Gasteiger partial charge is 0.497 e. The van der Waals surface area contributed by atoms with Crippen molar-refractivity contribution in [3.8, 4) is 0 Å². The summed E-state index contributed by atoms with van der Waals surface area (Å²) >= 11 is 0. The average Bonchev–Trinajstić information content (AvgIpc) is 2.76. The van der Waals surface area contributed by atoms with Gasteiger partial charge in [0.2, 0.25) is 10.0 Å². The minimum absolute atomic E-state index is 0.141. The lowest BCUT2D eigenvalue weighted by molar-refractivity contribution is 0.00578. The normalized spacial score (nSPS) is 24.2. The van der Waals surface area contributed by atoms with Crippen LogP contribution in [0.5, 0.6) is 0 Å². The monoisotopic (exact) mass is 401 g/mol. The molecule has 1 saturated carbocycles. The molecule has 0 amide bonds. The van der Waals surface area contributed by atoms with E-state index in [2.05, 4.69) is 0 Å². The van der Waals surface area contributed by atoms with Gasteiger partial charge in [-0.2, -0.15) is 0 Å². The van der Waals surface area contributed by atoms with Gasteiger partial charge >= 0.3 is 7.12 Å². The third-order valence-corrected chi connectivity index (χ3v) is 7.99. The molecule has 0 spiro atoms. The number of sulfonamides is 1. The van der Waals surface area contributed by atoms with Crippen molar-refractivity contribution >= 4 is 22.6 Å². The van der Waals surface area contributed by atoms with Crippen molar-refractivity contribution in [3.05, 3.63) is 29.3 Å². The van der Waals surface area contributed by atoms with E-state index < -0.39 is 44.7 Å². The van der Waals surface area contributed by atoms with E-state index in [0.29, 0.717) is 12.8 Å². The molecule has 0 atom stereocenters. The second kappa shape index (κ2) is 6.51. The van der Waals surface area contributed by atoms with Gasteiger partial charge in [-0.05, 0) is 52.7 Å². The number of nitrogens with two attached hydrogens (primary N) is 1. The first-order valence-electron chi connectivity index (χ1n) is 9.18. The van der Waals surface area contributed by atoms with Crippen molar-refractivity contribution in [2.75, 3.05) is 0 Å². The topological polar surface area (TPSA) is 78.6 Å². The third kappa shape index (κ3) is 3.32. The van der Waals surface area contributed by atoms with Crippen LogP contribution in [-0.4, -0.2) is 26.7 Å². The summed E-state index contributed by atoms with van der Waals surface area (Å²) in [7, 11) is -5.29. The van der Waals surface area contributed by atoms with Crippen LogP contribution in [0.15, 0.2) is 12.1 Å². The van der Waals surface area contributed by atoms with Crippen LogP contribution in [0.3, 0.4) is 0 Å². The number of hydrogen-bond acceptors (Lipinski definition) is 4. The molecule has 150 valence electrons. The van der Waals surface area contributed by atoms with Crippen molar-refractivity contribution in [1.29, 1.82) is 0 Å². The average molecular weight is 401 g/mol. The summed E-state index contributed by atoms with van der Waals surface area (Å²) in [5, 5.41) is 5.51. The minimum Gasteiger partial charge on any atom is -0.399 e. The minimum atomic E-state index is -4.15. The fraction of sp³-hybridized carbons (Fsp3) is 0.667. The van der Waals surface area contributed by atoms with Gasteiger partial charge in [-0.15, -0.1) is 0 Å². The Hall–Kier alpha value is -1.03. The molecule has 2 N–H and O–H groups in total. The van der Waals surface area contributed by atoms with Crippen LogP contribution in [0.1, 0.15) is 65.4 Å². The summed E-state index contributed by atoms with van der Waals surface area (Å²) in [4.78, 5) is 0. The first-order valence-corrected chi connectivity index (χ1v) is 10.7. The second-order valence-corrected chi connectivity index (χ2v) is 10.4.